The number of methoxy groups -OCH3 is 1. The second-order valence-electron chi connectivity index (χ2n) is 4.47. The van der Waals surface area contributed by atoms with E-state index in [-0.39, 0.29) is 16.6 Å². The Bertz CT molecular complexity index is 494. The molecule has 0 heterocycles. The van der Waals surface area contributed by atoms with E-state index in [1.807, 2.05) is 0 Å². The fourth-order valence-electron chi connectivity index (χ4n) is 1.71. The van der Waals surface area contributed by atoms with Gasteiger partial charge in [-0.05, 0) is 37.5 Å². The molecule has 0 saturated heterocycles. The highest BCUT2D eigenvalue weighted by molar-refractivity contribution is 6.31. The van der Waals surface area contributed by atoms with Crippen LogP contribution in [0.25, 0.3) is 0 Å². The number of ether oxygens (including phenoxy) is 1. The number of benzene rings is 1. The molecule has 0 unspecified atom stereocenters. The molecule has 0 atom stereocenters. The molecule has 3 N–H and O–H groups in total. The standard InChI is InChI=1S/C14H19ClN2O4/c1-21-6-4-2-3-5-16-14(20)17-12-8-10(13(18)19)7-11(15)9-12/h7-9H,2-6H2,1H3,(H,18,19)(H2,16,17,20). The highest BCUT2D eigenvalue weighted by atomic mass is 35.5. The molecule has 0 saturated carbocycles. The first kappa shape index (κ1) is 17.3. The van der Waals surface area contributed by atoms with Crippen molar-refractivity contribution >= 4 is 29.3 Å². The second-order valence-corrected chi connectivity index (χ2v) is 4.90. The van der Waals surface area contributed by atoms with Crippen LogP contribution >= 0.6 is 11.6 Å². The fourth-order valence-corrected chi connectivity index (χ4v) is 1.95. The van der Waals surface area contributed by atoms with E-state index in [1.165, 1.54) is 18.2 Å². The maximum absolute atomic E-state index is 11.7. The minimum atomic E-state index is -1.10. The summed E-state index contributed by atoms with van der Waals surface area (Å²) in [4.78, 5) is 22.5. The molecule has 0 spiro atoms. The van der Waals surface area contributed by atoms with Gasteiger partial charge in [0, 0.05) is 31.0 Å². The molecule has 1 aromatic carbocycles. The van der Waals surface area contributed by atoms with Crippen LogP contribution in [0.2, 0.25) is 5.02 Å². The smallest absolute Gasteiger partial charge is 0.335 e. The monoisotopic (exact) mass is 314 g/mol. The summed E-state index contributed by atoms with van der Waals surface area (Å²) >= 11 is 5.81. The van der Waals surface area contributed by atoms with Gasteiger partial charge in [-0.15, -0.1) is 0 Å². The molecule has 2 amide bonds. The number of hydrogen-bond donors (Lipinski definition) is 3. The molecule has 0 aliphatic heterocycles. The first-order valence-corrected chi connectivity index (χ1v) is 6.98. The van der Waals surface area contributed by atoms with Crippen LogP contribution in [0.4, 0.5) is 10.5 Å². The predicted molar refractivity (Wildman–Crippen MR) is 81.2 cm³/mol. The number of hydrogen-bond acceptors (Lipinski definition) is 3. The van der Waals surface area contributed by atoms with E-state index in [9.17, 15) is 9.59 Å². The van der Waals surface area contributed by atoms with Crippen molar-refractivity contribution in [2.75, 3.05) is 25.6 Å². The number of carbonyl (C=O) groups is 2. The van der Waals surface area contributed by atoms with Crippen molar-refractivity contribution in [3.63, 3.8) is 0 Å². The summed E-state index contributed by atoms with van der Waals surface area (Å²) in [7, 11) is 1.65. The summed E-state index contributed by atoms with van der Waals surface area (Å²) in [5, 5.41) is 14.4. The maximum Gasteiger partial charge on any atom is 0.335 e. The molecule has 7 heteroatoms. The van der Waals surface area contributed by atoms with Crippen LogP contribution in [0.3, 0.4) is 0 Å². The number of carboxylic acids is 1. The molecular weight excluding hydrogens is 296 g/mol. The van der Waals surface area contributed by atoms with Crippen LogP contribution in [0.1, 0.15) is 29.6 Å². The Labute approximate surface area is 128 Å². The molecule has 0 aromatic heterocycles. The van der Waals surface area contributed by atoms with Crippen LogP contribution in [0.5, 0.6) is 0 Å². The third-order valence-corrected chi connectivity index (χ3v) is 2.93. The summed E-state index contributed by atoms with van der Waals surface area (Å²) in [6.07, 6.45) is 2.78. The van der Waals surface area contributed by atoms with Crippen molar-refractivity contribution in [3.05, 3.63) is 28.8 Å². The molecule has 0 aliphatic carbocycles. The zero-order valence-corrected chi connectivity index (χ0v) is 12.6. The van der Waals surface area contributed by atoms with E-state index in [4.69, 9.17) is 21.4 Å². The Balaban J connectivity index is 2.39. The van der Waals surface area contributed by atoms with Crippen LogP contribution in [-0.2, 0) is 4.74 Å². The van der Waals surface area contributed by atoms with Crippen molar-refractivity contribution in [2.45, 2.75) is 19.3 Å². The molecule has 21 heavy (non-hydrogen) atoms. The highest BCUT2D eigenvalue weighted by Gasteiger charge is 2.08. The first-order chi connectivity index (χ1) is 10.0. The van der Waals surface area contributed by atoms with Crippen molar-refractivity contribution in [1.29, 1.82) is 0 Å². The van der Waals surface area contributed by atoms with Crippen LogP contribution in [-0.4, -0.2) is 37.4 Å². The van der Waals surface area contributed by atoms with Gasteiger partial charge in [-0.1, -0.05) is 11.6 Å². The zero-order valence-electron chi connectivity index (χ0n) is 11.8. The van der Waals surface area contributed by atoms with Gasteiger partial charge in [0.05, 0.1) is 5.56 Å². The van der Waals surface area contributed by atoms with E-state index >= 15 is 0 Å². The summed E-state index contributed by atoms with van der Waals surface area (Å²) in [5.41, 5.74) is 0.370. The Morgan fingerprint density at radius 1 is 1.24 bits per heavy atom. The van der Waals surface area contributed by atoms with Crippen molar-refractivity contribution in [3.8, 4) is 0 Å². The lowest BCUT2D eigenvalue weighted by atomic mass is 10.2. The number of aromatic carboxylic acids is 1. The van der Waals surface area contributed by atoms with Gasteiger partial charge in [-0.25, -0.2) is 9.59 Å². The van der Waals surface area contributed by atoms with Gasteiger partial charge in [0.1, 0.15) is 0 Å². The van der Waals surface area contributed by atoms with E-state index in [0.29, 0.717) is 18.8 Å². The van der Waals surface area contributed by atoms with E-state index < -0.39 is 5.97 Å². The van der Waals surface area contributed by atoms with E-state index in [1.54, 1.807) is 7.11 Å². The number of nitrogens with one attached hydrogen (secondary N) is 2. The maximum atomic E-state index is 11.7. The van der Waals surface area contributed by atoms with Crippen molar-refractivity contribution < 1.29 is 19.4 Å². The first-order valence-electron chi connectivity index (χ1n) is 6.60. The second kappa shape index (κ2) is 9.20. The number of unbranched alkanes of at least 4 members (excludes halogenated alkanes) is 2. The van der Waals surface area contributed by atoms with Gasteiger partial charge < -0.3 is 20.5 Å². The topological polar surface area (TPSA) is 87.7 Å². The number of carboxylic acid groups (broad SMARTS) is 1. The highest BCUT2D eigenvalue weighted by Crippen LogP contribution is 2.19. The summed E-state index contributed by atoms with van der Waals surface area (Å²) in [6.45, 7) is 1.26. The average molecular weight is 315 g/mol. The van der Waals surface area contributed by atoms with Crippen LogP contribution in [0, 0.1) is 0 Å². The van der Waals surface area contributed by atoms with E-state index in [2.05, 4.69) is 10.6 Å². The number of urea groups is 1. The Kier molecular flexibility index (Phi) is 7.56. The molecule has 1 aromatic rings. The molecule has 0 bridgehead atoms. The van der Waals surface area contributed by atoms with Crippen LogP contribution in [0.15, 0.2) is 18.2 Å². The lowest BCUT2D eigenvalue weighted by Gasteiger charge is -2.08. The SMILES string of the molecule is COCCCCCNC(=O)Nc1cc(Cl)cc(C(=O)O)c1. The summed E-state index contributed by atoms with van der Waals surface area (Å²) in [5.74, 6) is -1.10. The minimum absolute atomic E-state index is 0.0253. The quantitative estimate of drug-likeness (QED) is 0.644. The Hall–Kier alpha value is -1.79. The average Bonchev–Trinajstić information content (AvgIpc) is 2.42. The molecule has 116 valence electrons. The van der Waals surface area contributed by atoms with Crippen molar-refractivity contribution in [2.24, 2.45) is 0 Å². The fraction of sp³-hybridized carbons (Fsp3) is 0.429. The predicted octanol–water partition coefficient (Wildman–Crippen LogP) is 2.98. The molecule has 0 radical (unpaired) electrons. The molecule has 6 nitrogen and oxygen atoms in total. The number of amides is 2. The summed E-state index contributed by atoms with van der Waals surface area (Å²) in [6, 6.07) is 3.78. The van der Waals surface area contributed by atoms with Crippen LogP contribution < -0.4 is 10.6 Å². The van der Waals surface area contributed by atoms with Gasteiger partial charge in [-0.2, -0.15) is 0 Å². The minimum Gasteiger partial charge on any atom is -0.478 e. The lowest BCUT2D eigenvalue weighted by Crippen LogP contribution is -2.29. The van der Waals surface area contributed by atoms with Gasteiger partial charge >= 0.3 is 12.0 Å². The van der Waals surface area contributed by atoms with Gasteiger partial charge in [-0.3, -0.25) is 0 Å². The number of carbonyl (C=O) groups excluding carboxylic acids is 1. The molecule has 1 rings (SSSR count). The lowest BCUT2D eigenvalue weighted by molar-refractivity contribution is 0.0697. The van der Waals surface area contributed by atoms with Gasteiger partial charge in [0.25, 0.3) is 0 Å². The normalized spacial score (nSPS) is 10.2. The number of anilines is 1. The van der Waals surface area contributed by atoms with E-state index in [0.717, 1.165) is 19.3 Å². The summed E-state index contributed by atoms with van der Waals surface area (Å²) < 4.78 is 4.93. The molecule has 0 fully saturated rings. The zero-order chi connectivity index (χ0) is 15.7. The van der Waals surface area contributed by atoms with Gasteiger partial charge in [0.2, 0.25) is 0 Å². The largest absolute Gasteiger partial charge is 0.478 e. The third-order valence-electron chi connectivity index (χ3n) is 2.71. The van der Waals surface area contributed by atoms with Gasteiger partial charge in [0.15, 0.2) is 0 Å². The molecule has 0 aliphatic rings. The van der Waals surface area contributed by atoms with Crippen molar-refractivity contribution in [1.82, 2.24) is 5.32 Å². The Morgan fingerprint density at radius 3 is 2.67 bits per heavy atom. The third kappa shape index (κ3) is 6.97. The number of rotatable bonds is 8. The Morgan fingerprint density at radius 2 is 2.00 bits per heavy atom. The molecular formula is C14H19ClN2O4. The number of halogens is 1.